The molecule has 0 aromatic rings. The van der Waals surface area contributed by atoms with Crippen molar-refractivity contribution in [1.29, 1.82) is 0 Å². The maximum atomic E-state index is 12.2. The van der Waals surface area contributed by atoms with Crippen LogP contribution in [0.25, 0.3) is 0 Å². The van der Waals surface area contributed by atoms with Crippen molar-refractivity contribution in [3.8, 4) is 0 Å². The normalized spacial score (nSPS) is 32.6. The maximum Gasteiger partial charge on any atom is 0.245 e. The number of hydrogen-bond donors (Lipinski definition) is 1. The van der Waals surface area contributed by atoms with E-state index in [1.54, 1.807) is 4.90 Å². The van der Waals surface area contributed by atoms with Gasteiger partial charge in [0.25, 0.3) is 0 Å². The monoisotopic (exact) mass is 222 g/mol. The number of hydrogen-bond acceptors (Lipinski definition) is 2. The van der Waals surface area contributed by atoms with E-state index < -0.39 is 0 Å². The molecule has 88 valence electrons. The lowest BCUT2D eigenvalue weighted by molar-refractivity contribution is -0.145. The SMILES string of the molecule is CC1(CN2CC(=O)NC(C3CC3)C2=O)CC1. The molecule has 1 atom stereocenters. The summed E-state index contributed by atoms with van der Waals surface area (Å²) in [5, 5.41) is 2.83. The Morgan fingerprint density at radius 2 is 2.06 bits per heavy atom. The van der Waals surface area contributed by atoms with Gasteiger partial charge < -0.3 is 10.2 Å². The predicted octanol–water partition coefficient (Wildman–Crippen LogP) is 0.523. The number of carbonyl (C=O) groups excluding carboxylic acids is 2. The summed E-state index contributed by atoms with van der Waals surface area (Å²) in [6.07, 6.45) is 4.54. The number of carbonyl (C=O) groups is 2. The topological polar surface area (TPSA) is 49.4 Å². The van der Waals surface area contributed by atoms with Crippen molar-refractivity contribution in [3.05, 3.63) is 0 Å². The second-order valence-electron chi connectivity index (χ2n) is 5.89. The molecular weight excluding hydrogens is 204 g/mol. The van der Waals surface area contributed by atoms with E-state index in [0.717, 1.165) is 19.4 Å². The summed E-state index contributed by atoms with van der Waals surface area (Å²) in [5.41, 5.74) is 0.293. The summed E-state index contributed by atoms with van der Waals surface area (Å²) in [7, 11) is 0. The molecule has 3 rings (SSSR count). The molecule has 1 unspecified atom stereocenters. The number of amides is 2. The fourth-order valence-corrected chi connectivity index (χ4v) is 2.44. The highest BCUT2D eigenvalue weighted by atomic mass is 16.2. The van der Waals surface area contributed by atoms with Crippen LogP contribution in [-0.4, -0.2) is 35.8 Å². The zero-order valence-corrected chi connectivity index (χ0v) is 9.66. The van der Waals surface area contributed by atoms with Crippen LogP contribution in [0.1, 0.15) is 32.6 Å². The van der Waals surface area contributed by atoms with E-state index in [1.807, 2.05) is 0 Å². The average Bonchev–Trinajstić information content (AvgIpc) is 3.08. The third-order valence-electron chi connectivity index (χ3n) is 4.00. The molecule has 4 heteroatoms. The molecule has 2 amide bonds. The third-order valence-corrected chi connectivity index (χ3v) is 4.00. The van der Waals surface area contributed by atoms with Gasteiger partial charge in [0.15, 0.2) is 0 Å². The zero-order chi connectivity index (χ0) is 11.3. The van der Waals surface area contributed by atoms with Gasteiger partial charge >= 0.3 is 0 Å². The van der Waals surface area contributed by atoms with Crippen molar-refractivity contribution in [3.63, 3.8) is 0 Å². The summed E-state index contributed by atoms with van der Waals surface area (Å²) < 4.78 is 0. The quantitative estimate of drug-likeness (QED) is 0.757. The lowest BCUT2D eigenvalue weighted by Gasteiger charge is -2.34. The molecule has 0 spiro atoms. The van der Waals surface area contributed by atoms with E-state index in [0.29, 0.717) is 11.3 Å². The molecule has 1 heterocycles. The standard InChI is InChI=1S/C12H18N2O2/c1-12(4-5-12)7-14-6-9(15)13-10(11(14)16)8-2-3-8/h8,10H,2-7H2,1H3,(H,13,15). The molecule has 0 aromatic carbocycles. The molecular formula is C12H18N2O2. The highest BCUT2D eigenvalue weighted by Crippen LogP contribution is 2.46. The van der Waals surface area contributed by atoms with Gasteiger partial charge in [-0.05, 0) is 37.0 Å². The molecule has 3 aliphatic rings. The van der Waals surface area contributed by atoms with Gasteiger partial charge in [-0.25, -0.2) is 0 Å². The Kier molecular flexibility index (Phi) is 2.03. The Hall–Kier alpha value is -1.06. The van der Waals surface area contributed by atoms with Crippen LogP contribution in [0.2, 0.25) is 0 Å². The third kappa shape index (κ3) is 1.81. The summed E-state index contributed by atoms with van der Waals surface area (Å²) >= 11 is 0. The molecule has 2 saturated carbocycles. The largest absolute Gasteiger partial charge is 0.342 e. The van der Waals surface area contributed by atoms with Crippen LogP contribution in [0.5, 0.6) is 0 Å². The number of piperazine rings is 1. The van der Waals surface area contributed by atoms with E-state index in [2.05, 4.69) is 12.2 Å². The molecule has 0 bridgehead atoms. The fourth-order valence-electron chi connectivity index (χ4n) is 2.44. The van der Waals surface area contributed by atoms with Crippen LogP contribution in [-0.2, 0) is 9.59 Å². The Morgan fingerprint density at radius 3 is 2.62 bits per heavy atom. The van der Waals surface area contributed by atoms with Crippen LogP contribution in [0.3, 0.4) is 0 Å². The van der Waals surface area contributed by atoms with Crippen molar-refractivity contribution in [2.24, 2.45) is 11.3 Å². The van der Waals surface area contributed by atoms with Gasteiger partial charge in [0.2, 0.25) is 11.8 Å². The summed E-state index contributed by atoms with van der Waals surface area (Å²) in [6, 6.07) is -0.219. The minimum atomic E-state index is -0.219. The average molecular weight is 222 g/mol. The second-order valence-corrected chi connectivity index (χ2v) is 5.89. The number of nitrogens with zero attached hydrogens (tertiary/aromatic N) is 1. The van der Waals surface area contributed by atoms with Crippen LogP contribution < -0.4 is 5.32 Å². The van der Waals surface area contributed by atoms with Crippen molar-refractivity contribution >= 4 is 11.8 Å². The second kappa shape index (κ2) is 3.22. The fraction of sp³-hybridized carbons (Fsp3) is 0.833. The van der Waals surface area contributed by atoms with E-state index in [4.69, 9.17) is 0 Å². The van der Waals surface area contributed by atoms with Gasteiger partial charge in [0.1, 0.15) is 6.04 Å². The highest BCUT2D eigenvalue weighted by Gasteiger charge is 2.46. The van der Waals surface area contributed by atoms with E-state index in [1.165, 1.54) is 12.8 Å². The predicted molar refractivity (Wildman–Crippen MR) is 58.6 cm³/mol. The Morgan fingerprint density at radius 1 is 1.38 bits per heavy atom. The van der Waals surface area contributed by atoms with Gasteiger partial charge in [-0.2, -0.15) is 0 Å². The maximum absolute atomic E-state index is 12.2. The first-order valence-electron chi connectivity index (χ1n) is 6.16. The molecule has 1 saturated heterocycles. The van der Waals surface area contributed by atoms with Crippen molar-refractivity contribution < 1.29 is 9.59 Å². The van der Waals surface area contributed by atoms with Crippen LogP contribution in [0.4, 0.5) is 0 Å². The van der Waals surface area contributed by atoms with Crippen LogP contribution in [0.15, 0.2) is 0 Å². The minimum absolute atomic E-state index is 0.0146. The molecule has 2 aliphatic carbocycles. The summed E-state index contributed by atoms with van der Waals surface area (Å²) in [6.45, 7) is 3.22. The van der Waals surface area contributed by atoms with Crippen molar-refractivity contribution in [1.82, 2.24) is 10.2 Å². The molecule has 0 aromatic heterocycles. The molecule has 1 N–H and O–H groups in total. The zero-order valence-electron chi connectivity index (χ0n) is 9.66. The number of rotatable bonds is 3. The molecule has 16 heavy (non-hydrogen) atoms. The van der Waals surface area contributed by atoms with Gasteiger partial charge in [-0.1, -0.05) is 6.92 Å². The Balaban J connectivity index is 1.71. The minimum Gasteiger partial charge on any atom is -0.342 e. The smallest absolute Gasteiger partial charge is 0.245 e. The lowest BCUT2D eigenvalue weighted by atomic mass is 10.0. The Bertz CT molecular complexity index is 345. The highest BCUT2D eigenvalue weighted by molar-refractivity contribution is 5.95. The van der Waals surface area contributed by atoms with E-state index in [9.17, 15) is 9.59 Å². The van der Waals surface area contributed by atoms with Crippen LogP contribution in [0, 0.1) is 11.3 Å². The lowest BCUT2D eigenvalue weighted by Crippen LogP contribution is -2.59. The van der Waals surface area contributed by atoms with Gasteiger partial charge in [0, 0.05) is 6.54 Å². The van der Waals surface area contributed by atoms with Gasteiger partial charge in [-0.3, -0.25) is 9.59 Å². The first-order chi connectivity index (χ1) is 7.57. The first kappa shape index (κ1) is 10.1. The Labute approximate surface area is 95.4 Å². The molecule has 1 aliphatic heterocycles. The van der Waals surface area contributed by atoms with Crippen molar-refractivity contribution in [2.75, 3.05) is 13.1 Å². The molecule has 0 radical (unpaired) electrons. The van der Waals surface area contributed by atoms with Gasteiger partial charge in [0.05, 0.1) is 6.54 Å². The van der Waals surface area contributed by atoms with Crippen molar-refractivity contribution in [2.45, 2.75) is 38.6 Å². The number of nitrogens with one attached hydrogen (secondary N) is 1. The van der Waals surface area contributed by atoms with E-state index >= 15 is 0 Å². The van der Waals surface area contributed by atoms with Crippen LogP contribution >= 0.6 is 0 Å². The molecule has 4 nitrogen and oxygen atoms in total. The first-order valence-corrected chi connectivity index (χ1v) is 6.16. The summed E-state index contributed by atoms with van der Waals surface area (Å²) in [4.78, 5) is 25.5. The van der Waals surface area contributed by atoms with E-state index in [-0.39, 0.29) is 24.4 Å². The summed E-state index contributed by atoms with van der Waals surface area (Å²) in [5.74, 6) is 0.572. The molecule has 3 fully saturated rings. The van der Waals surface area contributed by atoms with Gasteiger partial charge in [-0.15, -0.1) is 0 Å².